The zero-order chi connectivity index (χ0) is 13.5. The smallest absolute Gasteiger partial charge is 0.236 e. The van der Waals surface area contributed by atoms with Crippen LogP contribution in [-0.2, 0) is 4.79 Å². The zero-order valence-electron chi connectivity index (χ0n) is 12.4. The molecular weight excluding hydrogens is 238 g/mol. The summed E-state index contributed by atoms with van der Waals surface area (Å²) in [6.07, 6.45) is 2.51. The van der Waals surface area contributed by atoms with E-state index in [2.05, 4.69) is 28.5 Å². The highest BCUT2D eigenvalue weighted by molar-refractivity contribution is 5.79. The predicted octanol–water partition coefficient (Wildman–Crippen LogP) is 0.882. The van der Waals surface area contributed by atoms with Gasteiger partial charge in [-0.25, -0.2) is 0 Å². The highest BCUT2D eigenvalue weighted by Gasteiger charge is 2.52. The van der Waals surface area contributed by atoms with Crippen LogP contribution in [0.15, 0.2) is 0 Å². The normalized spacial score (nSPS) is 28.2. The molecule has 0 unspecified atom stereocenters. The SMILES string of the molecule is CCN1CC2(C1)CN(C(=O)CN1CCC(C)CC1)C2. The molecule has 0 atom stereocenters. The molecule has 4 nitrogen and oxygen atoms in total. The van der Waals surface area contributed by atoms with Gasteiger partial charge in [0, 0.05) is 31.6 Å². The van der Waals surface area contributed by atoms with Crippen molar-refractivity contribution in [1.82, 2.24) is 14.7 Å². The van der Waals surface area contributed by atoms with Gasteiger partial charge in [0.1, 0.15) is 0 Å². The number of amides is 1. The topological polar surface area (TPSA) is 26.8 Å². The molecule has 0 N–H and O–H groups in total. The van der Waals surface area contributed by atoms with Gasteiger partial charge in [-0.2, -0.15) is 0 Å². The van der Waals surface area contributed by atoms with Crippen molar-refractivity contribution in [2.45, 2.75) is 26.7 Å². The second kappa shape index (κ2) is 5.06. The van der Waals surface area contributed by atoms with E-state index in [0.717, 1.165) is 38.6 Å². The van der Waals surface area contributed by atoms with E-state index in [4.69, 9.17) is 0 Å². The molecule has 0 aromatic heterocycles. The number of hydrogen-bond donors (Lipinski definition) is 0. The number of hydrogen-bond acceptors (Lipinski definition) is 3. The number of carbonyl (C=O) groups is 1. The van der Waals surface area contributed by atoms with E-state index in [1.54, 1.807) is 0 Å². The molecule has 3 fully saturated rings. The van der Waals surface area contributed by atoms with Gasteiger partial charge in [0.05, 0.1) is 6.54 Å². The van der Waals surface area contributed by atoms with Crippen molar-refractivity contribution in [3.8, 4) is 0 Å². The van der Waals surface area contributed by atoms with Crippen molar-refractivity contribution in [3.05, 3.63) is 0 Å². The average Bonchev–Trinajstić information content (AvgIpc) is 2.29. The van der Waals surface area contributed by atoms with Gasteiger partial charge in [-0.3, -0.25) is 9.69 Å². The van der Waals surface area contributed by atoms with E-state index in [0.29, 0.717) is 17.9 Å². The fourth-order valence-corrected chi connectivity index (χ4v) is 3.78. The van der Waals surface area contributed by atoms with Gasteiger partial charge in [0.2, 0.25) is 5.91 Å². The Bertz CT molecular complexity index is 335. The molecule has 1 amide bonds. The molecule has 0 radical (unpaired) electrons. The lowest BCUT2D eigenvalue weighted by molar-refractivity contribution is -0.159. The Morgan fingerprint density at radius 3 is 2.32 bits per heavy atom. The fourth-order valence-electron chi connectivity index (χ4n) is 3.78. The predicted molar refractivity (Wildman–Crippen MR) is 76.0 cm³/mol. The second-order valence-electron chi connectivity index (χ2n) is 7.01. The van der Waals surface area contributed by atoms with Crippen molar-refractivity contribution < 1.29 is 4.79 Å². The van der Waals surface area contributed by atoms with Gasteiger partial charge in [0.15, 0.2) is 0 Å². The lowest BCUT2D eigenvalue weighted by Gasteiger charge is -2.60. The van der Waals surface area contributed by atoms with E-state index in [9.17, 15) is 4.79 Å². The summed E-state index contributed by atoms with van der Waals surface area (Å²) in [5.41, 5.74) is 0.474. The standard InChI is InChI=1S/C15H27N3O/c1-3-16-9-15(10-16)11-18(12-15)14(19)8-17-6-4-13(2)5-7-17/h13H,3-12H2,1-2H3. The molecule has 3 aliphatic heterocycles. The van der Waals surface area contributed by atoms with Crippen molar-refractivity contribution in [2.24, 2.45) is 11.3 Å². The Morgan fingerprint density at radius 2 is 1.74 bits per heavy atom. The van der Waals surface area contributed by atoms with Gasteiger partial charge in [-0.1, -0.05) is 13.8 Å². The maximum Gasteiger partial charge on any atom is 0.236 e. The summed E-state index contributed by atoms with van der Waals surface area (Å²) in [7, 11) is 0. The van der Waals surface area contributed by atoms with Crippen LogP contribution in [-0.4, -0.2) is 73.0 Å². The Hall–Kier alpha value is -0.610. The fraction of sp³-hybridized carbons (Fsp3) is 0.933. The Labute approximate surface area is 116 Å². The van der Waals surface area contributed by atoms with Crippen molar-refractivity contribution in [3.63, 3.8) is 0 Å². The first-order valence-electron chi connectivity index (χ1n) is 7.83. The molecule has 3 heterocycles. The Kier molecular flexibility index (Phi) is 3.56. The summed E-state index contributed by atoms with van der Waals surface area (Å²) in [5, 5.41) is 0. The van der Waals surface area contributed by atoms with E-state index in [1.165, 1.54) is 25.9 Å². The van der Waals surface area contributed by atoms with Crippen LogP contribution in [0.1, 0.15) is 26.7 Å². The van der Waals surface area contributed by atoms with Crippen LogP contribution >= 0.6 is 0 Å². The molecule has 108 valence electrons. The van der Waals surface area contributed by atoms with Gasteiger partial charge < -0.3 is 9.80 Å². The summed E-state index contributed by atoms with van der Waals surface area (Å²) >= 11 is 0. The summed E-state index contributed by atoms with van der Waals surface area (Å²) in [4.78, 5) is 19.1. The molecule has 0 aromatic rings. The lowest BCUT2D eigenvalue weighted by Crippen LogP contribution is -2.73. The molecule has 1 spiro atoms. The van der Waals surface area contributed by atoms with E-state index in [1.807, 2.05) is 0 Å². The highest BCUT2D eigenvalue weighted by Crippen LogP contribution is 2.39. The molecule has 19 heavy (non-hydrogen) atoms. The minimum absolute atomic E-state index is 0.357. The molecule has 3 aliphatic rings. The first-order chi connectivity index (χ1) is 9.10. The van der Waals surface area contributed by atoms with Crippen LogP contribution in [0.25, 0.3) is 0 Å². The third-order valence-electron chi connectivity index (χ3n) is 5.21. The van der Waals surface area contributed by atoms with Crippen LogP contribution in [0.4, 0.5) is 0 Å². The summed E-state index contributed by atoms with van der Waals surface area (Å²) < 4.78 is 0. The average molecular weight is 265 g/mol. The minimum atomic E-state index is 0.357. The second-order valence-corrected chi connectivity index (χ2v) is 7.01. The summed E-state index contributed by atoms with van der Waals surface area (Å²) in [5.74, 6) is 1.20. The quantitative estimate of drug-likeness (QED) is 0.758. The molecule has 4 heteroatoms. The number of carbonyl (C=O) groups excluding carboxylic acids is 1. The van der Waals surface area contributed by atoms with Crippen LogP contribution in [0.5, 0.6) is 0 Å². The Morgan fingerprint density at radius 1 is 1.11 bits per heavy atom. The maximum absolute atomic E-state index is 12.2. The monoisotopic (exact) mass is 265 g/mol. The van der Waals surface area contributed by atoms with Crippen molar-refractivity contribution >= 4 is 5.91 Å². The van der Waals surface area contributed by atoms with Crippen LogP contribution in [0, 0.1) is 11.3 Å². The molecular formula is C15H27N3O. The van der Waals surface area contributed by atoms with E-state index >= 15 is 0 Å². The molecule has 3 saturated heterocycles. The molecule has 0 saturated carbocycles. The van der Waals surface area contributed by atoms with Crippen molar-refractivity contribution in [1.29, 1.82) is 0 Å². The first-order valence-corrected chi connectivity index (χ1v) is 7.83. The molecule has 0 bridgehead atoms. The van der Waals surface area contributed by atoms with Gasteiger partial charge in [-0.05, 0) is 38.4 Å². The number of rotatable bonds is 3. The van der Waals surface area contributed by atoms with E-state index in [-0.39, 0.29) is 0 Å². The zero-order valence-corrected chi connectivity index (χ0v) is 12.4. The summed E-state index contributed by atoms with van der Waals surface area (Å²) in [6.45, 7) is 13.0. The van der Waals surface area contributed by atoms with Gasteiger partial charge in [0.25, 0.3) is 0 Å². The van der Waals surface area contributed by atoms with Crippen LogP contribution < -0.4 is 0 Å². The van der Waals surface area contributed by atoms with Gasteiger partial charge in [-0.15, -0.1) is 0 Å². The Balaban J connectivity index is 1.39. The lowest BCUT2D eigenvalue weighted by atomic mass is 9.73. The van der Waals surface area contributed by atoms with Gasteiger partial charge >= 0.3 is 0 Å². The maximum atomic E-state index is 12.2. The third-order valence-corrected chi connectivity index (χ3v) is 5.21. The van der Waals surface area contributed by atoms with Crippen LogP contribution in [0.3, 0.4) is 0 Å². The van der Waals surface area contributed by atoms with Crippen molar-refractivity contribution in [2.75, 3.05) is 52.4 Å². The largest absolute Gasteiger partial charge is 0.340 e. The first kappa shape index (κ1) is 13.4. The number of nitrogens with zero attached hydrogens (tertiary/aromatic N) is 3. The number of piperidine rings is 1. The molecule has 0 aliphatic carbocycles. The highest BCUT2D eigenvalue weighted by atomic mass is 16.2. The molecule has 0 aromatic carbocycles. The molecule has 3 rings (SSSR count). The third kappa shape index (κ3) is 2.65. The van der Waals surface area contributed by atoms with Crippen LogP contribution in [0.2, 0.25) is 0 Å². The minimum Gasteiger partial charge on any atom is -0.340 e. The summed E-state index contributed by atoms with van der Waals surface area (Å²) in [6, 6.07) is 0. The van der Waals surface area contributed by atoms with E-state index < -0.39 is 0 Å². The number of likely N-dealkylation sites (tertiary alicyclic amines) is 3.